The Labute approximate surface area is 104 Å². The molecule has 0 saturated carbocycles. The molecule has 3 nitrogen and oxygen atoms in total. The summed E-state index contributed by atoms with van der Waals surface area (Å²) in [7, 11) is 0. The van der Waals surface area contributed by atoms with E-state index in [9.17, 15) is 13.9 Å². The fourth-order valence-corrected chi connectivity index (χ4v) is 1.98. The summed E-state index contributed by atoms with van der Waals surface area (Å²) in [6.07, 6.45) is 0. The number of phenolic OH excluding ortho intramolecular Hbond substituents is 1. The summed E-state index contributed by atoms with van der Waals surface area (Å²) in [5.74, 6) is -4.03. The van der Waals surface area contributed by atoms with Crippen LogP contribution in [-0.2, 0) is 0 Å². The Bertz CT molecular complexity index is 403. The van der Waals surface area contributed by atoms with Crippen LogP contribution in [0.5, 0.6) is 5.75 Å². The Morgan fingerprint density at radius 2 is 2.06 bits per heavy atom. The topological polar surface area (TPSA) is 66.5 Å². The number of hydrogen-bond donors (Lipinski definition) is 3. The van der Waals surface area contributed by atoms with Crippen LogP contribution in [0.2, 0.25) is 5.02 Å². The molecular weight excluding hydrogens is 307 g/mol. The number of aliphatic hydroxyl groups excluding tert-OH is 1. The third-order valence-corrected chi connectivity index (χ3v) is 2.80. The molecule has 0 aliphatic carbocycles. The molecule has 0 fully saturated rings. The first-order chi connectivity index (χ1) is 7.29. The zero-order valence-electron chi connectivity index (χ0n) is 7.92. The van der Waals surface area contributed by atoms with Crippen LogP contribution in [0.25, 0.3) is 0 Å². The minimum absolute atomic E-state index is 0.0893. The monoisotopic (exact) mass is 315 g/mol. The summed E-state index contributed by atoms with van der Waals surface area (Å²) in [6.45, 7) is -1.41. The van der Waals surface area contributed by atoms with Crippen molar-refractivity contribution in [1.82, 2.24) is 0 Å². The van der Waals surface area contributed by atoms with E-state index in [1.165, 1.54) is 12.1 Å². The lowest BCUT2D eigenvalue weighted by atomic mass is 10.0. The summed E-state index contributed by atoms with van der Waals surface area (Å²) in [5.41, 5.74) is 5.05. The van der Waals surface area contributed by atoms with Gasteiger partial charge in [0.25, 0.3) is 5.92 Å². The first-order valence-electron chi connectivity index (χ1n) is 4.21. The predicted molar refractivity (Wildman–Crippen MR) is 59.8 cm³/mol. The maximum absolute atomic E-state index is 13.1. The van der Waals surface area contributed by atoms with Gasteiger partial charge in [-0.15, -0.1) is 0 Å². The Morgan fingerprint density at radius 1 is 1.50 bits per heavy atom. The summed E-state index contributed by atoms with van der Waals surface area (Å²) in [5, 5.41) is 17.9. The van der Waals surface area contributed by atoms with E-state index >= 15 is 0 Å². The van der Waals surface area contributed by atoms with E-state index in [1.807, 2.05) is 0 Å². The quantitative estimate of drug-likeness (QED) is 0.802. The molecule has 16 heavy (non-hydrogen) atoms. The molecule has 0 saturated heterocycles. The number of alkyl halides is 2. The molecule has 90 valence electrons. The highest BCUT2D eigenvalue weighted by molar-refractivity contribution is 9.10. The molecule has 0 spiro atoms. The zero-order valence-corrected chi connectivity index (χ0v) is 10.3. The molecule has 0 aliphatic heterocycles. The van der Waals surface area contributed by atoms with Crippen molar-refractivity contribution in [2.24, 2.45) is 5.73 Å². The van der Waals surface area contributed by atoms with Gasteiger partial charge in [-0.2, -0.15) is 0 Å². The second kappa shape index (κ2) is 4.83. The number of aromatic hydroxyl groups is 1. The SMILES string of the molecule is N[C@@H](c1cc(Br)cc(Cl)c1O)C(F)(F)CO. The molecule has 1 aromatic rings. The van der Waals surface area contributed by atoms with E-state index < -0.39 is 24.3 Å². The Morgan fingerprint density at radius 3 is 2.56 bits per heavy atom. The standard InChI is InChI=1S/C9H9BrClF2NO2/c10-4-1-5(7(16)6(11)2-4)8(14)9(12,13)3-15/h1-2,8,15-16H,3,14H2/t8-/m0/s1. The van der Waals surface area contributed by atoms with Crippen LogP contribution in [0.15, 0.2) is 16.6 Å². The molecule has 0 bridgehead atoms. The van der Waals surface area contributed by atoms with Crippen molar-refractivity contribution in [3.8, 4) is 5.75 Å². The van der Waals surface area contributed by atoms with Crippen molar-refractivity contribution < 1.29 is 19.0 Å². The molecule has 0 radical (unpaired) electrons. The van der Waals surface area contributed by atoms with Crippen molar-refractivity contribution in [1.29, 1.82) is 0 Å². The van der Waals surface area contributed by atoms with E-state index in [2.05, 4.69) is 15.9 Å². The van der Waals surface area contributed by atoms with Crippen LogP contribution in [0.1, 0.15) is 11.6 Å². The van der Waals surface area contributed by atoms with Crippen molar-refractivity contribution >= 4 is 27.5 Å². The molecule has 0 heterocycles. The van der Waals surface area contributed by atoms with Crippen LogP contribution in [0, 0.1) is 0 Å². The average Bonchev–Trinajstić information content (AvgIpc) is 2.22. The maximum Gasteiger partial charge on any atom is 0.289 e. The van der Waals surface area contributed by atoms with Crippen LogP contribution in [-0.4, -0.2) is 22.7 Å². The maximum atomic E-state index is 13.1. The minimum Gasteiger partial charge on any atom is -0.506 e. The van der Waals surface area contributed by atoms with E-state index in [0.717, 1.165) is 0 Å². The first kappa shape index (κ1) is 13.6. The molecule has 0 unspecified atom stereocenters. The van der Waals surface area contributed by atoms with Crippen molar-refractivity contribution in [2.45, 2.75) is 12.0 Å². The number of benzene rings is 1. The molecule has 0 aromatic heterocycles. The molecule has 0 amide bonds. The van der Waals surface area contributed by atoms with Gasteiger partial charge < -0.3 is 15.9 Å². The van der Waals surface area contributed by atoms with Crippen molar-refractivity contribution in [3.63, 3.8) is 0 Å². The third kappa shape index (κ3) is 2.63. The highest BCUT2D eigenvalue weighted by atomic mass is 79.9. The van der Waals surface area contributed by atoms with Gasteiger partial charge in [0.1, 0.15) is 18.4 Å². The Hall–Kier alpha value is -0.430. The van der Waals surface area contributed by atoms with Crippen LogP contribution in [0.4, 0.5) is 8.78 Å². The molecule has 1 rings (SSSR count). The van der Waals surface area contributed by atoms with Crippen LogP contribution < -0.4 is 5.73 Å². The first-order valence-corrected chi connectivity index (χ1v) is 5.39. The van der Waals surface area contributed by atoms with Gasteiger partial charge in [0.2, 0.25) is 0 Å². The lowest BCUT2D eigenvalue weighted by Gasteiger charge is -2.22. The van der Waals surface area contributed by atoms with Gasteiger partial charge in [0.05, 0.1) is 5.02 Å². The Balaban J connectivity index is 3.23. The number of aliphatic hydroxyl groups is 1. The summed E-state index contributed by atoms with van der Waals surface area (Å²) in [6, 6.07) is 0.757. The zero-order chi connectivity index (χ0) is 12.5. The summed E-state index contributed by atoms with van der Waals surface area (Å²) >= 11 is 8.66. The largest absolute Gasteiger partial charge is 0.506 e. The molecular formula is C9H9BrClF2NO2. The molecule has 7 heteroatoms. The third-order valence-electron chi connectivity index (χ3n) is 2.06. The highest BCUT2D eigenvalue weighted by Gasteiger charge is 2.39. The van der Waals surface area contributed by atoms with Crippen LogP contribution >= 0.6 is 27.5 Å². The van der Waals surface area contributed by atoms with Crippen LogP contribution in [0.3, 0.4) is 0 Å². The number of hydrogen-bond acceptors (Lipinski definition) is 3. The van der Waals surface area contributed by atoms with E-state index in [0.29, 0.717) is 4.47 Å². The molecule has 4 N–H and O–H groups in total. The molecule has 0 aliphatic rings. The number of halogens is 4. The van der Waals surface area contributed by atoms with Gasteiger partial charge in [0.15, 0.2) is 0 Å². The fourth-order valence-electron chi connectivity index (χ4n) is 1.15. The van der Waals surface area contributed by atoms with Gasteiger partial charge in [-0.05, 0) is 12.1 Å². The van der Waals surface area contributed by atoms with Gasteiger partial charge in [-0.1, -0.05) is 27.5 Å². The second-order valence-corrected chi connectivity index (χ2v) is 4.55. The van der Waals surface area contributed by atoms with Gasteiger partial charge in [-0.25, -0.2) is 8.78 Å². The number of phenols is 1. The summed E-state index contributed by atoms with van der Waals surface area (Å²) < 4.78 is 26.7. The van der Waals surface area contributed by atoms with E-state index in [-0.39, 0.29) is 10.6 Å². The normalized spacial score (nSPS) is 13.9. The smallest absolute Gasteiger partial charge is 0.289 e. The lowest BCUT2D eigenvalue weighted by molar-refractivity contribution is -0.0715. The minimum atomic E-state index is -3.53. The molecule has 1 aromatic carbocycles. The summed E-state index contributed by atoms with van der Waals surface area (Å²) in [4.78, 5) is 0. The van der Waals surface area contributed by atoms with Gasteiger partial charge in [-0.3, -0.25) is 0 Å². The molecule has 1 atom stereocenters. The fraction of sp³-hybridized carbons (Fsp3) is 0.333. The van der Waals surface area contributed by atoms with E-state index in [4.69, 9.17) is 22.4 Å². The Kier molecular flexibility index (Phi) is 4.12. The van der Waals surface area contributed by atoms with Gasteiger partial charge >= 0.3 is 0 Å². The highest BCUT2D eigenvalue weighted by Crippen LogP contribution is 2.39. The van der Waals surface area contributed by atoms with Gasteiger partial charge in [0, 0.05) is 10.0 Å². The lowest BCUT2D eigenvalue weighted by Crippen LogP contribution is -2.36. The van der Waals surface area contributed by atoms with Crippen molar-refractivity contribution in [2.75, 3.05) is 6.61 Å². The van der Waals surface area contributed by atoms with E-state index in [1.54, 1.807) is 0 Å². The second-order valence-electron chi connectivity index (χ2n) is 3.22. The predicted octanol–water partition coefficient (Wildman–Crippen LogP) is 2.44. The number of rotatable bonds is 3. The van der Waals surface area contributed by atoms with Crippen molar-refractivity contribution in [3.05, 3.63) is 27.2 Å². The average molecular weight is 317 g/mol. The number of nitrogens with two attached hydrogens (primary N) is 1.